The van der Waals surface area contributed by atoms with Crippen LogP contribution in [0.5, 0.6) is 0 Å². The molecule has 0 unspecified atom stereocenters. The van der Waals surface area contributed by atoms with Gasteiger partial charge in [0.1, 0.15) is 0 Å². The van der Waals surface area contributed by atoms with Gasteiger partial charge in [-0.2, -0.15) is 0 Å². The van der Waals surface area contributed by atoms with Gasteiger partial charge in [-0.1, -0.05) is 13.0 Å². The highest BCUT2D eigenvalue weighted by Crippen LogP contribution is 2.47. The molecule has 0 heterocycles. The minimum Gasteiger partial charge on any atom is -0.309 e. The van der Waals surface area contributed by atoms with E-state index in [9.17, 15) is 9.36 Å². The molecule has 0 aromatic heterocycles. The Bertz CT molecular complexity index is 250. The normalized spacial score (nSPS) is 12.2. The second-order valence-corrected chi connectivity index (χ2v) is 4.95. The maximum atomic E-state index is 11.9. The monoisotopic (exact) mass is 234 g/mol. The highest BCUT2D eigenvalue weighted by Gasteiger charge is 2.21. The number of rotatable bonds is 8. The molecule has 0 fully saturated rings. The lowest BCUT2D eigenvalue weighted by Crippen LogP contribution is -1.99. The second kappa shape index (κ2) is 7.80. The number of ketones is 1. The molecular formula is C10H19O4P. The number of carbonyl (C=O) groups excluding carboxylic acids is 1. The average molecular weight is 234 g/mol. The Morgan fingerprint density at radius 1 is 1.20 bits per heavy atom. The molecule has 0 saturated carbocycles. The Morgan fingerprint density at radius 2 is 1.73 bits per heavy atom. The topological polar surface area (TPSA) is 52.6 Å². The zero-order valence-electron chi connectivity index (χ0n) is 9.56. The van der Waals surface area contributed by atoms with E-state index in [1.807, 2.05) is 0 Å². The zero-order chi connectivity index (χ0) is 11.7. The van der Waals surface area contributed by atoms with E-state index in [4.69, 9.17) is 9.05 Å². The van der Waals surface area contributed by atoms with Crippen LogP contribution in [0.1, 0.15) is 27.2 Å². The molecule has 5 heteroatoms. The Balaban J connectivity index is 4.23. The molecule has 0 aliphatic rings. The van der Waals surface area contributed by atoms with E-state index in [0.29, 0.717) is 19.6 Å². The lowest BCUT2D eigenvalue weighted by Gasteiger charge is -2.14. The highest BCUT2D eigenvalue weighted by atomic mass is 31.2. The average Bonchev–Trinajstić information content (AvgIpc) is 2.18. The summed E-state index contributed by atoms with van der Waals surface area (Å²) in [7, 11) is -3.03. The van der Waals surface area contributed by atoms with Crippen LogP contribution in [0.2, 0.25) is 0 Å². The van der Waals surface area contributed by atoms with Crippen molar-refractivity contribution in [1.82, 2.24) is 0 Å². The fraction of sp³-hybridized carbons (Fsp3) is 0.700. The first-order chi connectivity index (χ1) is 7.08. The van der Waals surface area contributed by atoms with Crippen molar-refractivity contribution in [1.29, 1.82) is 0 Å². The van der Waals surface area contributed by atoms with Gasteiger partial charge in [0.25, 0.3) is 0 Å². The fourth-order valence-corrected chi connectivity index (χ4v) is 2.40. The van der Waals surface area contributed by atoms with Crippen LogP contribution < -0.4 is 0 Å². The Kier molecular flexibility index (Phi) is 7.57. The molecule has 0 atom stereocenters. The molecule has 0 aromatic rings. The Hall–Kier alpha value is -0.440. The molecule has 0 aliphatic heterocycles. The standard InChI is InChI=1S/C10H19O4P/c1-4-10(11)8-7-9-15(12,13-5-2)14-6-3/h7-8H,4-6,9H2,1-3H3/b8-7+. The van der Waals surface area contributed by atoms with Crippen molar-refractivity contribution in [2.75, 3.05) is 19.4 Å². The van der Waals surface area contributed by atoms with Gasteiger partial charge in [0.15, 0.2) is 5.78 Å². The Morgan fingerprint density at radius 3 is 2.13 bits per heavy atom. The molecule has 0 aromatic carbocycles. The molecule has 0 spiro atoms. The molecule has 0 radical (unpaired) electrons. The van der Waals surface area contributed by atoms with Gasteiger partial charge in [-0.05, 0) is 19.9 Å². The van der Waals surface area contributed by atoms with Gasteiger partial charge in [0.05, 0.1) is 19.4 Å². The van der Waals surface area contributed by atoms with Gasteiger partial charge in [-0.25, -0.2) is 0 Å². The smallest absolute Gasteiger partial charge is 0.309 e. The Labute approximate surface area is 91.2 Å². The van der Waals surface area contributed by atoms with Crippen LogP contribution in [0.4, 0.5) is 0 Å². The molecular weight excluding hydrogens is 215 g/mol. The van der Waals surface area contributed by atoms with Crippen LogP contribution in [0.3, 0.4) is 0 Å². The minimum absolute atomic E-state index is 0.00884. The quantitative estimate of drug-likeness (QED) is 0.478. The maximum Gasteiger partial charge on any atom is 0.334 e. The van der Waals surface area contributed by atoms with Gasteiger partial charge in [0, 0.05) is 6.42 Å². The van der Waals surface area contributed by atoms with E-state index in [-0.39, 0.29) is 11.9 Å². The summed E-state index contributed by atoms with van der Waals surface area (Å²) >= 11 is 0. The third-order valence-electron chi connectivity index (χ3n) is 1.63. The van der Waals surface area contributed by atoms with E-state index in [1.165, 1.54) is 6.08 Å². The number of allylic oxidation sites excluding steroid dienone is 2. The van der Waals surface area contributed by atoms with Gasteiger partial charge in [0.2, 0.25) is 0 Å². The zero-order valence-corrected chi connectivity index (χ0v) is 10.5. The molecule has 15 heavy (non-hydrogen) atoms. The van der Waals surface area contributed by atoms with Crippen LogP contribution in [0, 0.1) is 0 Å². The van der Waals surface area contributed by atoms with E-state index < -0.39 is 7.60 Å². The number of hydrogen-bond donors (Lipinski definition) is 0. The van der Waals surface area contributed by atoms with Gasteiger partial charge in [-0.15, -0.1) is 0 Å². The van der Waals surface area contributed by atoms with Crippen LogP contribution in [0.15, 0.2) is 12.2 Å². The van der Waals surface area contributed by atoms with Gasteiger partial charge >= 0.3 is 7.60 Å². The first kappa shape index (κ1) is 14.6. The summed E-state index contributed by atoms with van der Waals surface area (Å²) in [6, 6.07) is 0. The van der Waals surface area contributed by atoms with E-state index in [2.05, 4.69) is 0 Å². The van der Waals surface area contributed by atoms with Crippen molar-refractivity contribution in [3.05, 3.63) is 12.2 Å². The molecule has 0 bridgehead atoms. The summed E-state index contributed by atoms with van der Waals surface area (Å²) in [5, 5.41) is 0. The molecule has 0 amide bonds. The molecule has 0 saturated heterocycles. The van der Waals surface area contributed by atoms with Crippen molar-refractivity contribution in [3.8, 4) is 0 Å². The first-order valence-corrected chi connectivity index (χ1v) is 6.88. The molecule has 0 rings (SSSR count). The number of hydrogen-bond acceptors (Lipinski definition) is 4. The molecule has 0 aliphatic carbocycles. The third-order valence-corrected chi connectivity index (χ3v) is 3.59. The van der Waals surface area contributed by atoms with Crippen LogP contribution in [-0.2, 0) is 18.4 Å². The first-order valence-electron chi connectivity index (χ1n) is 5.15. The number of carbonyl (C=O) groups is 1. The largest absolute Gasteiger partial charge is 0.334 e. The van der Waals surface area contributed by atoms with Gasteiger partial charge < -0.3 is 9.05 Å². The van der Waals surface area contributed by atoms with Crippen molar-refractivity contribution in [3.63, 3.8) is 0 Å². The lowest BCUT2D eigenvalue weighted by molar-refractivity contribution is -0.114. The molecule has 88 valence electrons. The summed E-state index contributed by atoms with van der Waals surface area (Å²) < 4.78 is 22.0. The van der Waals surface area contributed by atoms with Crippen molar-refractivity contribution in [2.24, 2.45) is 0 Å². The van der Waals surface area contributed by atoms with Crippen LogP contribution in [-0.4, -0.2) is 25.2 Å². The molecule has 0 N–H and O–H groups in total. The summed E-state index contributed by atoms with van der Waals surface area (Å²) in [5.41, 5.74) is 0. The van der Waals surface area contributed by atoms with E-state index >= 15 is 0 Å². The summed E-state index contributed by atoms with van der Waals surface area (Å²) in [5.74, 6) is 0.00884. The highest BCUT2D eigenvalue weighted by molar-refractivity contribution is 7.54. The summed E-state index contributed by atoms with van der Waals surface area (Å²) in [6.07, 6.45) is 3.58. The maximum absolute atomic E-state index is 11.9. The summed E-state index contributed by atoms with van der Waals surface area (Å²) in [4.78, 5) is 11.0. The van der Waals surface area contributed by atoms with Crippen LogP contribution >= 0.6 is 7.60 Å². The van der Waals surface area contributed by atoms with Crippen LogP contribution in [0.25, 0.3) is 0 Å². The van der Waals surface area contributed by atoms with E-state index in [1.54, 1.807) is 26.8 Å². The molecule has 4 nitrogen and oxygen atoms in total. The fourth-order valence-electron chi connectivity index (χ4n) is 0.967. The van der Waals surface area contributed by atoms with E-state index in [0.717, 1.165) is 0 Å². The second-order valence-electron chi connectivity index (χ2n) is 2.85. The van der Waals surface area contributed by atoms with Gasteiger partial charge in [-0.3, -0.25) is 9.36 Å². The van der Waals surface area contributed by atoms with Crippen molar-refractivity contribution in [2.45, 2.75) is 27.2 Å². The third kappa shape index (κ3) is 6.61. The van der Waals surface area contributed by atoms with Crippen molar-refractivity contribution >= 4 is 13.4 Å². The summed E-state index contributed by atoms with van der Waals surface area (Å²) in [6.45, 7) is 5.97. The lowest BCUT2D eigenvalue weighted by atomic mass is 10.3. The SMILES string of the molecule is CCOP(=O)(C/C=C/C(=O)CC)OCC. The predicted molar refractivity (Wildman–Crippen MR) is 60.2 cm³/mol. The van der Waals surface area contributed by atoms with Crippen molar-refractivity contribution < 1.29 is 18.4 Å². The minimum atomic E-state index is -3.03. The predicted octanol–water partition coefficient (Wildman–Crippen LogP) is 2.79.